The van der Waals surface area contributed by atoms with Crippen LogP contribution in [0.4, 0.5) is 4.79 Å². The Hall–Kier alpha value is -2.51. The normalized spacial score (nSPS) is 13.0. The minimum absolute atomic E-state index is 0.199. The molecule has 2 atom stereocenters. The lowest BCUT2D eigenvalue weighted by Gasteiger charge is -2.20. The summed E-state index contributed by atoms with van der Waals surface area (Å²) < 4.78 is 5.04. The molecule has 0 unspecified atom stereocenters. The van der Waals surface area contributed by atoms with Crippen LogP contribution >= 0.6 is 0 Å². The van der Waals surface area contributed by atoms with Gasteiger partial charge < -0.3 is 25.5 Å². The molecule has 3 amide bonds. The van der Waals surface area contributed by atoms with E-state index in [4.69, 9.17) is 9.52 Å². The zero-order valence-electron chi connectivity index (χ0n) is 12.6. The second kappa shape index (κ2) is 8.71. The molecule has 1 aromatic rings. The van der Waals surface area contributed by atoms with Gasteiger partial charge in [0.15, 0.2) is 0 Å². The van der Waals surface area contributed by atoms with Crippen LogP contribution in [0, 0.1) is 5.92 Å². The lowest BCUT2D eigenvalue weighted by atomic mass is 9.99. The number of aliphatic carboxylic acids is 1. The van der Waals surface area contributed by atoms with Crippen LogP contribution in [0.25, 0.3) is 0 Å². The van der Waals surface area contributed by atoms with Gasteiger partial charge in [-0.25, -0.2) is 9.59 Å². The SMILES string of the molecule is CC[C@H](C)[C@H](NC(=O)CNC(=O)NCc1ccco1)C(=O)O. The van der Waals surface area contributed by atoms with Gasteiger partial charge in [-0.15, -0.1) is 0 Å². The van der Waals surface area contributed by atoms with Gasteiger partial charge in [-0.2, -0.15) is 0 Å². The number of furan rings is 1. The highest BCUT2D eigenvalue weighted by molar-refractivity contribution is 5.87. The molecule has 0 bridgehead atoms. The molecule has 0 aliphatic heterocycles. The third-order valence-electron chi connectivity index (χ3n) is 3.21. The molecular formula is C14H21N3O5. The van der Waals surface area contributed by atoms with Crippen molar-refractivity contribution in [2.45, 2.75) is 32.9 Å². The summed E-state index contributed by atoms with van der Waals surface area (Å²) in [6.45, 7) is 3.48. The highest BCUT2D eigenvalue weighted by Gasteiger charge is 2.25. The van der Waals surface area contributed by atoms with Crippen LogP contribution in [-0.2, 0) is 16.1 Å². The standard InChI is InChI=1S/C14H21N3O5/c1-3-9(2)12(13(19)20)17-11(18)8-16-14(21)15-7-10-5-4-6-22-10/h4-6,9,12H,3,7-8H2,1-2H3,(H,17,18)(H,19,20)(H2,15,16,21)/t9-,12-/m0/s1. The van der Waals surface area contributed by atoms with E-state index < -0.39 is 23.9 Å². The molecule has 1 aromatic heterocycles. The Balaban J connectivity index is 2.32. The topological polar surface area (TPSA) is 121 Å². The highest BCUT2D eigenvalue weighted by atomic mass is 16.4. The summed E-state index contributed by atoms with van der Waals surface area (Å²) >= 11 is 0. The molecule has 1 heterocycles. The Kier molecular flexibility index (Phi) is 6.94. The van der Waals surface area contributed by atoms with Crippen molar-refractivity contribution in [3.63, 3.8) is 0 Å². The lowest BCUT2D eigenvalue weighted by Crippen LogP contribution is -2.49. The molecule has 0 aliphatic carbocycles. The number of hydrogen-bond donors (Lipinski definition) is 4. The monoisotopic (exact) mass is 311 g/mol. The summed E-state index contributed by atoms with van der Waals surface area (Å²) in [4.78, 5) is 34.3. The average Bonchev–Trinajstić information content (AvgIpc) is 3.00. The molecule has 0 saturated heterocycles. The van der Waals surface area contributed by atoms with Crippen molar-refractivity contribution < 1.29 is 23.9 Å². The van der Waals surface area contributed by atoms with Crippen LogP contribution in [0.5, 0.6) is 0 Å². The van der Waals surface area contributed by atoms with E-state index in [1.165, 1.54) is 6.26 Å². The molecule has 0 spiro atoms. The van der Waals surface area contributed by atoms with Gasteiger partial charge in [0, 0.05) is 0 Å². The van der Waals surface area contributed by atoms with E-state index in [9.17, 15) is 14.4 Å². The zero-order chi connectivity index (χ0) is 16.5. The van der Waals surface area contributed by atoms with Crippen LogP contribution in [-0.4, -0.2) is 35.6 Å². The number of urea groups is 1. The fourth-order valence-electron chi connectivity index (χ4n) is 1.71. The summed E-state index contributed by atoms with van der Waals surface area (Å²) in [6, 6.07) is 1.90. The van der Waals surface area contributed by atoms with E-state index in [-0.39, 0.29) is 19.0 Å². The Morgan fingerprint density at radius 3 is 2.59 bits per heavy atom. The second-order valence-corrected chi connectivity index (χ2v) is 4.88. The number of carbonyl (C=O) groups is 3. The fourth-order valence-corrected chi connectivity index (χ4v) is 1.71. The van der Waals surface area contributed by atoms with E-state index in [2.05, 4.69) is 16.0 Å². The third-order valence-corrected chi connectivity index (χ3v) is 3.21. The summed E-state index contributed by atoms with van der Waals surface area (Å²) in [5.74, 6) is -1.26. The highest BCUT2D eigenvalue weighted by Crippen LogP contribution is 2.07. The first-order valence-corrected chi connectivity index (χ1v) is 7.00. The average molecular weight is 311 g/mol. The van der Waals surface area contributed by atoms with E-state index >= 15 is 0 Å². The first-order chi connectivity index (χ1) is 10.4. The van der Waals surface area contributed by atoms with Crippen LogP contribution in [0.2, 0.25) is 0 Å². The summed E-state index contributed by atoms with van der Waals surface area (Å²) in [5, 5.41) is 16.3. The molecule has 122 valence electrons. The van der Waals surface area contributed by atoms with Crippen molar-refractivity contribution >= 4 is 17.9 Å². The Labute approximate surface area is 128 Å². The summed E-state index contributed by atoms with van der Waals surface area (Å²) in [5.41, 5.74) is 0. The van der Waals surface area contributed by atoms with Crippen molar-refractivity contribution in [3.05, 3.63) is 24.2 Å². The van der Waals surface area contributed by atoms with Gasteiger partial charge in [0.2, 0.25) is 5.91 Å². The van der Waals surface area contributed by atoms with Gasteiger partial charge in [0.25, 0.3) is 0 Å². The number of carboxylic acids is 1. The van der Waals surface area contributed by atoms with Crippen molar-refractivity contribution in [1.29, 1.82) is 0 Å². The molecule has 8 nitrogen and oxygen atoms in total. The molecule has 4 N–H and O–H groups in total. The Morgan fingerprint density at radius 2 is 2.05 bits per heavy atom. The molecule has 0 saturated carbocycles. The van der Waals surface area contributed by atoms with Crippen molar-refractivity contribution in [2.75, 3.05) is 6.54 Å². The first kappa shape index (κ1) is 17.5. The van der Waals surface area contributed by atoms with Crippen molar-refractivity contribution in [3.8, 4) is 0 Å². The van der Waals surface area contributed by atoms with Gasteiger partial charge >= 0.3 is 12.0 Å². The van der Waals surface area contributed by atoms with Gasteiger partial charge in [0.05, 0.1) is 19.4 Å². The smallest absolute Gasteiger partial charge is 0.326 e. The first-order valence-electron chi connectivity index (χ1n) is 7.00. The number of carbonyl (C=O) groups excluding carboxylic acids is 2. The van der Waals surface area contributed by atoms with Gasteiger partial charge in [-0.3, -0.25) is 4.79 Å². The number of hydrogen-bond acceptors (Lipinski definition) is 4. The van der Waals surface area contributed by atoms with Gasteiger partial charge in [-0.05, 0) is 18.1 Å². The number of nitrogens with one attached hydrogen (secondary N) is 3. The molecule has 1 rings (SSSR count). The molecule has 0 aromatic carbocycles. The number of carboxylic acid groups (broad SMARTS) is 1. The molecule has 0 fully saturated rings. The molecule has 0 radical (unpaired) electrons. The van der Waals surface area contributed by atoms with Crippen LogP contribution in [0.3, 0.4) is 0 Å². The van der Waals surface area contributed by atoms with Crippen molar-refractivity contribution in [2.24, 2.45) is 5.92 Å². The largest absolute Gasteiger partial charge is 0.480 e. The predicted octanol–water partition coefficient (Wildman–Crippen LogP) is 0.694. The number of rotatable bonds is 8. The Morgan fingerprint density at radius 1 is 1.32 bits per heavy atom. The predicted molar refractivity (Wildman–Crippen MR) is 78.0 cm³/mol. The maximum atomic E-state index is 11.7. The minimum atomic E-state index is -1.09. The lowest BCUT2D eigenvalue weighted by molar-refractivity contribution is -0.143. The Bertz CT molecular complexity index is 501. The summed E-state index contributed by atoms with van der Waals surface area (Å²) in [7, 11) is 0. The van der Waals surface area contributed by atoms with Gasteiger partial charge in [0.1, 0.15) is 11.8 Å². The second-order valence-electron chi connectivity index (χ2n) is 4.88. The maximum Gasteiger partial charge on any atom is 0.326 e. The number of amides is 3. The van der Waals surface area contributed by atoms with Crippen LogP contribution < -0.4 is 16.0 Å². The van der Waals surface area contributed by atoms with Crippen LogP contribution in [0.15, 0.2) is 22.8 Å². The van der Waals surface area contributed by atoms with E-state index in [0.717, 1.165) is 0 Å². The van der Waals surface area contributed by atoms with Crippen molar-refractivity contribution in [1.82, 2.24) is 16.0 Å². The molecule has 8 heteroatoms. The molecular weight excluding hydrogens is 290 g/mol. The van der Waals surface area contributed by atoms with Gasteiger partial charge in [-0.1, -0.05) is 20.3 Å². The van der Waals surface area contributed by atoms with Crippen LogP contribution in [0.1, 0.15) is 26.0 Å². The van der Waals surface area contributed by atoms with E-state index in [1.54, 1.807) is 19.1 Å². The van der Waals surface area contributed by atoms with E-state index in [1.807, 2.05) is 6.92 Å². The summed E-state index contributed by atoms with van der Waals surface area (Å²) in [6.07, 6.45) is 2.11. The zero-order valence-corrected chi connectivity index (χ0v) is 12.6. The minimum Gasteiger partial charge on any atom is -0.480 e. The fraction of sp³-hybridized carbons (Fsp3) is 0.500. The molecule has 22 heavy (non-hydrogen) atoms. The maximum absolute atomic E-state index is 11.7. The quantitative estimate of drug-likeness (QED) is 0.563. The third kappa shape index (κ3) is 5.86. The molecule has 0 aliphatic rings. The van der Waals surface area contributed by atoms with E-state index in [0.29, 0.717) is 12.2 Å².